The lowest BCUT2D eigenvalue weighted by Crippen LogP contribution is -2.26. The lowest BCUT2D eigenvalue weighted by molar-refractivity contribution is -0.124. The van der Waals surface area contributed by atoms with Crippen molar-refractivity contribution in [2.45, 2.75) is 46.5 Å². The molecule has 0 heterocycles. The summed E-state index contributed by atoms with van der Waals surface area (Å²) < 4.78 is 0. The van der Waals surface area contributed by atoms with Gasteiger partial charge in [0.1, 0.15) is 0 Å². The lowest BCUT2D eigenvalue weighted by Gasteiger charge is -2.34. The van der Waals surface area contributed by atoms with Gasteiger partial charge in [0, 0.05) is 19.7 Å². The van der Waals surface area contributed by atoms with E-state index >= 15 is 0 Å². The molecule has 2 nitrogen and oxygen atoms in total. The van der Waals surface area contributed by atoms with Crippen LogP contribution in [0.3, 0.4) is 0 Å². The first-order chi connectivity index (χ1) is 8.91. The van der Waals surface area contributed by atoms with Crippen LogP contribution >= 0.6 is 0 Å². The molecule has 2 aliphatic rings. The SMILES string of the molecule is CC(=C[C@@H]1CC[C@@H](C)[C@H]2CCC(C)=C12)C(=O)N(C)C. The van der Waals surface area contributed by atoms with Gasteiger partial charge in [-0.15, -0.1) is 0 Å². The van der Waals surface area contributed by atoms with Crippen molar-refractivity contribution in [2.24, 2.45) is 17.8 Å². The van der Waals surface area contributed by atoms with Gasteiger partial charge in [-0.25, -0.2) is 0 Å². The highest BCUT2D eigenvalue weighted by molar-refractivity contribution is 5.92. The van der Waals surface area contributed by atoms with Gasteiger partial charge in [0.15, 0.2) is 0 Å². The molecule has 0 radical (unpaired) electrons. The maximum atomic E-state index is 12.0. The van der Waals surface area contributed by atoms with E-state index in [4.69, 9.17) is 0 Å². The van der Waals surface area contributed by atoms with E-state index in [0.29, 0.717) is 5.92 Å². The molecule has 1 fully saturated rings. The van der Waals surface area contributed by atoms with E-state index in [1.54, 1.807) is 16.0 Å². The second-order valence-electron chi connectivity index (χ2n) is 6.59. The van der Waals surface area contributed by atoms with E-state index in [-0.39, 0.29) is 5.91 Å². The zero-order valence-corrected chi connectivity index (χ0v) is 13.0. The van der Waals surface area contributed by atoms with Crippen LogP contribution in [0.4, 0.5) is 0 Å². The molecule has 0 aromatic rings. The topological polar surface area (TPSA) is 20.3 Å². The Morgan fingerprint density at radius 1 is 1.26 bits per heavy atom. The minimum Gasteiger partial charge on any atom is -0.345 e. The summed E-state index contributed by atoms with van der Waals surface area (Å²) in [5, 5.41) is 0. The summed E-state index contributed by atoms with van der Waals surface area (Å²) in [5.74, 6) is 2.25. The van der Waals surface area contributed by atoms with Crippen LogP contribution in [0.25, 0.3) is 0 Å². The molecule has 0 aromatic heterocycles. The molecule has 2 heteroatoms. The summed E-state index contributed by atoms with van der Waals surface area (Å²) in [6.07, 6.45) is 7.32. The monoisotopic (exact) mass is 261 g/mol. The van der Waals surface area contributed by atoms with Crippen molar-refractivity contribution >= 4 is 5.91 Å². The zero-order valence-electron chi connectivity index (χ0n) is 13.0. The van der Waals surface area contributed by atoms with E-state index in [1.165, 1.54) is 25.7 Å². The maximum absolute atomic E-state index is 12.0. The van der Waals surface area contributed by atoms with Gasteiger partial charge in [0.25, 0.3) is 0 Å². The second kappa shape index (κ2) is 5.52. The highest BCUT2D eigenvalue weighted by atomic mass is 16.2. The fourth-order valence-electron chi connectivity index (χ4n) is 3.87. The second-order valence-corrected chi connectivity index (χ2v) is 6.59. The Morgan fingerprint density at radius 2 is 1.95 bits per heavy atom. The third-order valence-electron chi connectivity index (χ3n) is 4.94. The standard InChI is InChI=1S/C17H27NO/c1-11-6-8-14(10-13(3)17(19)18(4)5)16-12(2)7-9-15(11)16/h10-11,14-15H,6-9H2,1-5H3/t11-,14+,15-/m1/s1. The molecule has 0 saturated heterocycles. The Morgan fingerprint density at radius 3 is 2.58 bits per heavy atom. The van der Waals surface area contributed by atoms with Crippen LogP contribution in [-0.2, 0) is 4.79 Å². The van der Waals surface area contributed by atoms with Gasteiger partial charge in [-0.1, -0.05) is 24.1 Å². The fourth-order valence-corrected chi connectivity index (χ4v) is 3.87. The van der Waals surface area contributed by atoms with Gasteiger partial charge in [-0.3, -0.25) is 4.79 Å². The van der Waals surface area contributed by atoms with Crippen molar-refractivity contribution in [3.8, 4) is 0 Å². The number of likely N-dealkylation sites (N-methyl/N-ethyl adjacent to an activating group) is 1. The Hall–Kier alpha value is -1.05. The van der Waals surface area contributed by atoms with Gasteiger partial charge in [-0.2, -0.15) is 0 Å². The minimum absolute atomic E-state index is 0.145. The number of nitrogens with zero attached hydrogens (tertiary/aromatic N) is 1. The van der Waals surface area contributed by atoms with Crippen molar-refractivity contribution in [1.82, 2.24) is 4.90 Å². The molecular weight excluding hydrogens is 234 g/mol. The number of hydrogen-bond donors (Lipinski definition) is 0. The third kappa shape index (κ3) is 2.77. The molecule has 1 saturated carbocycles. The third-order valence-corrected chi connectivity index (χ3v) is 4.94. The predicted octanol–water partition coefficient (Wildman–Crippen LogP) is 3.79. The van der Waals surface area contributed by atoms with Crippen molar-refractivity contribution in [3.63, 3.8) is 0 Å². The first-order valence-corrected chi connectivity index (χ1v) is 7.51. The Balaban J connectivity index is 2.23. The predicted molar refractivity (Wildman–Crippen MR) is 79.8 cm³/mol. The largest absolute Gasteiger partial charge is 0.345 e. The molecule has 106 valence electrons. The van der Waals surface area contributed by atoms with Crippen LogP contribution < -0.4 is 0 Å². The normalized spacial score (nSPS) is 31.4. The van der Waals surface area contributed by atoms with Crippen LogP contribution in [0.1, 0.15) is 46.5 Å². The molecule has 0 bridgehead atoms. The Labute approximate surface area is 117 Å². The number of carbonyl (C=O) groups is 1. The summed E-state index contributed by atoms with van der Waals surface area (Å²) in [6, 6.07) is 0. The van der Waals surface area contributed by atoms with E-state index in [1.807, 2.05) is 21.0 Å². The van der Waals surface area contributed by atoms with E-state index < -0.39 is 0 Å². The van der Waals surface area contributed by atoms with E-state index in [2.05, 4.69) is 19.9 Å². The van der Waals surface area contributed by atoms with E-state index in [0.717, 1.165) is 17.4 Å². The van der Waals surface area contributed by atoms with Gasteiger partial charge >= 0.3 is 0 Å². The number of amides is 1. The van der Waals surface area contributed by atoms with Crippen molar-refractivity contribution in [2.75, 3.05) is 14.1 Å². The van der Waals surface area contributed by atoms with Crippen molar-refractivity contribution < 1.29 is 4.79 Å². The lowest BCUT2D eigenvalue weighted by atomic mass is 9.71. The maximum Gasteiger partial charge on any atom is 0.248 e. The van der Waals surface area contributed by atoms with Gasteiger partial charge in [0.05, 0.1) is 0 Å². The van der Waals surface area contributed by atoms with Gasteiger partial charge < -0.3 is 4.90 Å². The molecule has 3 atom stereocenters. The van der Waals surface area contributed by atoms with Crippen LogP contribution in [0.15, 0.2) is 22.8 Å². The first kappa shape index (κ1) is 14.4. The molecule has 19 heavy (non-hydrogen) atoms. The quantitative estimate of drug-likeness (QED) is 0.547. The van der Waals surface area contributed by atoms with Crippen LogP contribution in [0, 0.1) is 17.8 Å². The van der Waals surface area contributed by atoms with Crippen LogP contribution in [0.2, 0.25) is 0 Å². The van der Waals surface area contributed by atoms with E-state index in [9.17, 15) is 4.79 Å². The average molecular weight is 261 g/mol. The van der Waals surface area contributed by atoms with Gasteiger partial charge in [0.2, 0.25) is 5.91 Å². The summed E-state index contributed by atoms with van der Waals surface area (Å²) in [5.41, 5.74) is 4.14. The summed E-state index contributed by atoms with van der Waals surface area (Å²) in [6.45, 7) is 6.64. The van der Waals surface area contributed by atoms with Crippen LogP contribution in [-0.4, -0.2) is 24.9 Å². The molecule has 2 rings (SSSR count). The molecule has 0 aromatic carbocycles. The minimum atomic E-state index is 0.145. The van der Waals surface area contributed by atoms with Gasteiger partial charge in [-0.05, 0) is 57.3 Å². The summed E-state index contributed by atoms with van der Waals surface area (Å²) in [7, 11) is 3.65. The smallest absolute Gasteiger partial charge is 0.248 e. The number of hydrogen-bond acceptors (Lipinski definition) is 1. The highest BCUT2D eigenvalue weighted by Crippen LogP contribution is 2.48. The highest BCUT2D eigenvalue weighted by Gasteiger charge is 2.36. The molecule has 1 amide bonds. The summed E-state index contributed by atoms with van der Waals surface area (Å²) >= 11 is 0. The first-order valence-electron chi connectivity index (χ1n) is 7.51. The number of carbonyl (C=O) groups excluding carboxylic acids is 1. The molecular formula is C17H27NO. The molecule has 0 unspecified atom stereocenters. The molecule has 2 aliphatic carbocycles. The van der Waals surface area contributed by atoms with Crippen molar-refractivity contribution in [3.05, 3.63) is 22.8 Å². The fraction of sp³-hybridized carbons (Fsp3) is 0.706. The number of allylic oxidation sites excluding steroid dienone is 3. The molecule has 0 spiro atoms. The average Bonchev–Trinajstić information content (AvgIpc) is 2.75. The zero-order chi connectivity index (χ0) is 14.2. The van der Waals surface area contributed by atoms with Crippen molar-refractivity contribution in [1.29, 1.82) is 0 Å². The molecule has 0 N–H and O–H groups in total. The van der Waals surface area contributed by atoms with Crippen LogP contribution in [0.5, 0.6) is 0 Å². The summed E-state index contributed by atoms with van der Waals surface area (Å²) in [4.78, 5) is 13.7. The number of fused-ring (bicyclic) bond motifs is 1. The number of rotatable bonds is 2. The Kier molecular flexibility index (Phi) is 4.17. The molecule has 0 aliphatic heterocycles. The Bertz CT molecular complexity index is 431.